The number of hydrogen-bond donors (Lipinski definition) is 0. The molecule has 0 atom stereocenters. The Hall–Kier alpha value is -2.85. The van der Waals surface area contributed by atoms with Crippen LogP contribution in [0.2, 0.25) is 0 Å². The zero-order valence-electron chi connectivity index (χ0n) is 15.2. The summed E-state index contributed by atoms with van der Waals surface area (Å²) in [6.07, 6.45) is 2.12. The number of benzene rings is 3. The zero-order chi connectivity index (χ0) is 18.7. The van der Waals surface area contributed by atoms with Crippen molar-refractivity contribution in [1.82, 2.24) is 9.55 Å². The number of para-hydroxylation sites is 1. The third kappa shape index (κ3) is 2.38. The topological polar surface area (TPSA) is 34.9 Å². The van der Waals surface area contributed by atoms with E-state index < -0.39 is 0 Å². The maximum absolute atomic E-state index is 13.2. The van der Waals surface area contributed by atoms with E-state index in [1.807, 2.05) is 28.8 Å². The molecule has 0 unspecified atom stereocenters. The fourth-order valence-corrected chi connectivity index (χ4v) is 5.58. The highest BCUT2D eigenvalue weighted by Crippen LogP contribution is 2.52. The standard InChI is InChI=1S/C24H18N2OS/c27-23-20-11-5-6-12-21(20)25-24(26(23)15-13-14-15)28-22-18-9-3-1-7-16(18)17-8-2-4-10-19(17)22/h1-12,15,22H,13-14H2. The van der Waals surface area contributed by atoms with E-state index in [1.165, 1.54) is 22.3 Å². The molecule has 28 heavy (non-hydrogen) atoms. The van der Waals surface area contributed by atoms with Gasteiger partial charge in [-0.3, -0.25) is 9.36 Å². The van der Waals surface area contributed by atoms with E-state index in [0.717, 1.165) is 23.5 Å². The monoisotopic (exact) mass is 382 g/mol. The van der Waals surface area contributed by atoms with Crippen molar-refractivity contribution in [3.63, 3.8) is 0 Å². The molecule has 4 aromatic rings. The summed E-state index contributed by atoms with van der Waals surface area (Å²) < 4.78 is 1.94. The molecule has 0 amide bonds. The first-order valence-corrected chi connectivity index (χ1v) is 10.6. The Kier molecular flexibility index (Phi) is 3.50. The second kappa shape index (κ2) is 6.08. The van der Waals surface area contributed by atoms with Crippen LogP contribution >= 0.6 is 11.8 Å². The number of fused-ring (bicyclic) bond motifs is 4. The molecule has 1 heterocycles. The molecule has 3 aromatic carbocycles. The van der Waals surface area contributed by atoms with E-state index in [-0.39, 0.29) is 10.8 Å². The Bertz CT molecular complexity index is 1240. The molecule has 1 fully saturated rings. The van der Waals surface area contributed by atoms with Crippen molar-refractivity contribution < 1.29 is 0 Å². The van der Waals surface area contributed by atoms with Gasteiger partial charge in [0.05, 0.1) is 16.2 Å². The first-order valence-electron chi connectivity index (χ1n) is 9.67. The van der Waals surface area contributed by atoms with Crippen LogP contribution in [-0.4, -0.2) is 9.55 Å². The fourth-order valence-electron chi connectivity index (χ4n) is 4.21. The van der Waals surface area contributed by atoms with Crippen LogP contribution in [0.5, 0.6) is 0 Å². The number of aromatic nitrogens is 2. The number of nitrogens with zero attached hydrogens (tertiary/aromatic N) is 2. The molecule has 3 nitrogen and oxygen atoms in total. The Morgan fingerprint density at radius 2 is 1.43 bits per heavy atom. The zero-order valence-corrected chi connectivity index (χ0v) is 16.0. The molecule has 0 aliphatic heterocycles. The summed E-state index contributed by atoms with van der Waals surface area (Å²) in [4.78, 5) is 18.1. The first-order chi connectivity index (χ1) is 13.8. The summed E-state index contributed by atoms with van der Waals surface area (Å²) >= 11 is 1.71. The molecule has 136 valence electrons. The van der Waals surface area contributed by atoms with Gasteiger partial charge < -0.3 is 0 Å². The number of rotatable bonds is 3. The Morgan fingerprint density at radius 1 is 0.821 bits per heavy atom. The van der Waals surface area contributed by atoms with Gasteiger partial charge in [0.1, 0.15) is 0 Å². The predicted molar refractivity (Wildman–Crippen MR) is 114 cm³/mol. The molecule has 0 N–H and O–H groups in total. The quantitative estimate of drug-likeness (QED) is 0.433. The van der Waals surface area contributed by atoms with Crippen molar-refractivity contribution in [2.24, 2.45) is 0 Å². The molecule has 4 heteroatoms. The van der Waals surface area contributed by atoms with Crippen LogP contribution in [0.1, 0.15) is 35.3 Å². The van der Waals surface area contributed by atoms with Crippen molar-refractivity contribution in [3.05, 3.63) is 94.3 Å². The van der Waals surface area contributed by atoms with Crippen molar-refractivity contribution >= 4 is 22.7 Å². The van der Waals surface area contributed by atoms with Crippen LogP contribution in [0.3, 0.4) is 0 Å². The van der Waals surface area contributed by atoms with Crippen LogP contribution in [0, 0.1) is 0 Å². The van der Waals surface area contributed by atoms with E-state index in [9.17, 15) is 4.79 Å². The third-order valence-corrected chi connectivity index (χ3v) is 6.93. The largest absolute Gasteiger partial charge is 0.284 e. The van der Waals surface area contributed by atoms with Gasteiger partial charge in [-0.15, -0.1) is 0 Å². The lowest BCUT2D eigenvalue weighted by molar-refractivity contribution is 0.617. The lowest BCUT2D eigenvalue weighted by Crippen LogP contribution is -2.22. The van der Waals surface area contributed by atoms with E-state index in [0.29, 0.717) is 11.4 Å². The van der Waals surface area contributed by atoms with Gasteiger partial charge in [-0.25, -0.2) is 4.98 Å². The highest BCUT2D eigenvalue weighted by atomic mass is 32.2. The minimum Gasteiger partial charge on any atom is -0.284 e. The number of hydrogen-bond acceptors (Lipinski definition) is 3. The SMILES string of the molecule is O=c1c2ccccc2nc(SC2c3ccccc3-c3ccccc32)n1C1CC1. The predicted octanol–water partition coefficient (Wildman–Crippen LogP) is 5.59. The summed E-state index contributed by atoms with van der Waals surface area (Å²) in [7, 11) is 0. The van der Waals surface area contributed by atoms with Crippen molar-refractivity contribution in [2.45, 2.75) is 29.3 Å². The average Bonchev–Trinajstić information content (AvgIpc) is 3.52. The first kappa shape index (κ1) is 16.1. The molecule has 0 spiro atoms. The summed E-state index contributed by atoms with van der Waals surface area (Å²) in [6, 6.07) is 25.2. The smallest absolute Gasteiger partial charge is 0.262 e. The van der Waals surface area contributed by atoms with Crippen molar-refractivity contribution in [1.29, 1.82) is 0 Å². The maximum atomic E-state index is 13.2. The van der Waals surface area contributed by atoms with Gasteiger partial charge in [0.15, 0.2) is 5.16 Å². The Labute approximate surface area is 167 Å². The van der Waals surface area contributed by atoms with E-state index in [1.54, 1.807) is 11.8 Å². The molecular formula is C24H18N2OS. The van der Waals surface area contributed by atoms with Gasteiger partial charge in [0, 0.05) is 6.04 Å². The summed E-state index contributed by atoms with van der Waals surface area (Å²) in [5, 5.41) is 1.71. The molecule has 1 saturated carbocycles. The maximum Gasteiger partial charge on any atom is 0.262 e. The van der Waals surface area contributed by atoms with Gasteiger partial charge in [0.2, 0.25) is 0 Å². The Morgan fingerprint density at radius 3 is 2.11 bits per heavy atom. The fraction of sp³-hybridized carbons (Fsp3) is 0.167. The van der Waals surface area contributed by atoms with E-state index >= 15 is 0 Å². The molecule has 0 bridgehead atoms. The minimum absolute atomic E-state index is 0.0927. The summed E-state index contributed by atoms with van der Waals surface area (Å²) in [6.45, 7) is 0. The normalized spacial score (nSPS) is 15.6. The Balaban J connectivity index is 1.55. The molecule has 2 aliphatic rings. The van der Waals surface area contributed by atoms with Crippen LogP contribution < -0.4 is 5.56 Å². The molecule has 0 radical (unpaired) electrons. The summed E-state index contributed by atoms with van der Waals surface area (Å²) in [5.41, 5.74) is 6.06. The lowest BCUT2D eigenvalue weighted by atomic mass is 10.1. The van der Waals surface area contributed by atoms with Crippen LogP contribution in [0.15, 0.2) is 82.7 Å². The van der Waals surface area contributed by atoms with Gasteiger partial charge in [-0.1, -0.05) is 72.4 Å². The molecular weight excluding hydrogens is 364 g/mol. The molecule has 1 aromatic heterocycles. The van der Waals surface area contributed by atoms with Crippen LogP contribution in [-0.2, 0) is 0 Å². The molecule has 2 aliphatic carbocycles. The van der Waals surface area contributed by atoms with Crippen LogP contribution in [0.4, 0.5) is 0 Å². The van der Waals surface area contributed by atoms with Gasteiger partial charge in [-0.05, 0) is 47.2 Å². The second-order valence-corrected chi connectivity index (χ2v) is 8.56. The van der Waals surface area contributed by atoms with Crippen LogP contribution in [0.25, 0.3) is 22.0 Å². The van der Waals surface area contributed by atoms with Gasteiger partial charge in [-0.2, -0.15) is 0 Å². The van der Waals surface area contributed by atoms with Crippen molar-refractivity contribution in [2.75, 3.05) is 0 Å². The van der Waals surface area contributed by atoms with E-state index in [4.69, 9.17) is 4.98 Å². The summed E-state index contributed by atoms with van der Waals surface area (Å²) in [5.74, 6) is 0. The highest BCUT2D eigenvalue weighted by molar-refractivity contribution is 7.99. The lowest BCUT2D eigenvalue weighted by Gasteiger charge is -2.17. The van der Waals surface area contributed by atoms with Crippen molar-refractivity contribution in [3.8, 4) is 11.1 Å². The average molecular weight is 382 g/mol. The number of thioether (sulfide) groups is 1. The van der Waals surface area contributed by atoms with Gasteiger partial charge in [0.25, 0.3) is 5.56 Å². The minimum atomic E-state index is 0.0927. The highest BCUT2D eigenvalue weighted by Gasteiger charge is 2.33. The van der Waals surface area contributed by atoms with Gasteiger partial charge >= 0.3 is 0 Å². The third-order valence-electron chi connectivity index (χ3n) is 5.69. The second-order valence-electron chi connectivity index (χ2n) is 7.49. The molecule has 0 saturated heterocycles. The van der Waals surface area contributed by atoms with E-state index in [2.05, 4.69) is 48.5 Å². The molecule has 6 rings (SSSR count).